The van der Waals surface area contributed by atoms with Crippen molar-refractivity contribution in [2.75, 3.05) is 6.61 Å². The Labute approximate surface area is 79.6 Å². The van der Waals surface area contributed by atoms with Gasteiger partial charge in [0.15, 0.2) is 0 Å². The molecular weight excluding hydrogens is 164 g/mol. The number of rotatable bonds is 2. The van der Waals surface area contributed by atoms with Crippen molar-refractivity contribution in [2.24, 2.45) is 17.3 Å². The molecule has 0 amide bonds. The van der Waals surface area contributed by atoms with Crippen LogP contribution in [-0.2, 0) is 4.79 Å². The van der Waals surface area contributed by atoms with Gasteiger partial charge in [0, 0.05) is 12.3 Å². The maximum Gasteiger partial charge on any atom is 0.139 e. The SMILES string of the molecule is C=C[C@]1(C)C(CO)C(=O)CC[C@H]1C. The largest absolute Gasteiger partial charge is 0.396 e. The molecule has 13 heavy (non-hydrogen) atoms. The molecule has 1 aliphatic rings. The van der Waals surface area contributed by atoms with Gasteiger partial charge in [-0.05, 0) is 17.8 Å². The number of carbonyl (C=O) groups excluding carboxylic acids is 1. The molecule has 2 heteroatoms. The van der Waals surface area contributed by atoms with Gasteiger partial charge in [-0.3, -0.25) is 4.79 Å². The first-order valence-electron chi connectivity index (χ1n) is 4.83. The third-order valence-corrected chi connectivity index (χ3v) is 3.65. The number of hydrogen-bond donors (Lipinski definition) is 1. The molecule has 1 N–H and O–H groups in total. The van der Waals surface area contributed by atoms with E-state index in [1.165, 1.54) is 0 Å². The summed E-state index contributed by atoms with van der Waals surface area (Å²) in [6.07, 6.45) is 3.35. The molecule has 0 heterocycles. The summed E-state index contributed by atoms with van der Waals surface area (Å²) in [6.45, 7) is 7.86. The average Bonchev–Trinajstić information content (AvgIpc) is 2.13. The molecular formula is C11H18O2. The molecule has 0 aromatic rings. The second kappa shape index (κ2) is 3.62. The van der Waals surface area contributed by atoms with Crippen molar-refractivity contribution in [3.63, 3.8) is 0 Å². The van der Waals surface area contributed by atoms with Crippen LogP contribution in [0.3, 0.4) is 0 Å². The highest BCUT2D eigenvalue weighted by molar-refractivity contribution is 5.83. The topological polar surface area (TPSA) is 37.3 Å². The Morgan fingerprint density at radius 1 is 1.77 bits per heavy atom. The highest BCUT2D eigenvalue weighted by Crippen LogP contribution is 2.44. The smallest absolute Gasteiger partial charge is 0.139 e. The van der Waals surface area contributed by atoms with Crippen LogP contribution in [0.4, 0.5) is 0 Å². The summed E-state index contributed by atoms with van der Waals surface area (Å²) in [5, 5.41) is 9.18. The van der Waals surface area contributed by atoms with E-state index >= 15 is 0 Å². The van der Waals surface area contributed by atoms with E-state index in [1.807, 2.05) is 13.0 Å². The molecule has 1 fully saturated rings. The van der Waals surface area contributed by atoms with E-state index in [1.54, 1.807) is 0 Å². The van der Waals surface area contributed by atoms with Crippen LogP contribution >= 0.6 is 0 Å². The zero-order chi connectivity index (χ0) is 10.1. The van der Waals surface area contributed by atoms with E-state index in [9.17, 15) is 9.90 Å². The number of Topliss-reactive ketones (excluding diaryl/α,β-unsaturated/α-hetero) is 1. The molecule has 0 saturated heterocycles. The molecule has 0 spiro atoms. The van der Waals surface area contributed by atoms with Gasteiger partial charge in [-0.1, -0.05) is 19.9 Å². The number of hydrogen-bond acceptors (Lipinski definition) is 2. The predicted octanol–water partition coefficient (Wildman–Crippen LogP) is 1.79. The van der Waals surface area contributed by atoms with Crippen LogP contribution in [0.25, 0.3) is 0 Å². The van der Waals surface area contributed by atoms with Gasteiger partial charge in [-0.15, -0.1) is 6.58 Å². The second-order valence-corrected chi connectivity index (χ2v) is 4.21. The third-order valence-electron chi connectivity index (χ3n) is 3.65. The Bertz CT molecular complexity index is 222. The molecule has 1 unspecified atom stereocenters. The maximum absolute atomic E-state index is 11.5. The van der Waals surface area contributed by atoms with Crippen molar-refractivity contribution in [1.29, 1.82) is 0 Å². The van der Waals surface area contributed by atoms with Gasteiger partial charge in [0.25, 0.3) is 0 Å². The van der Waals surface area contributed by atoms with Gasteiger partial charge < -0.3 is 5.11 Å². The lowest BCUT2D eigenvalue weighted by atomic mass is 9.61. The van der Waals surface area contributed by atoms with Crippen LogP contribution in [0.1, 0.15) is 26.7 Å². The maximum atomic E-state index is 11.5. The van der Waals surface area contributed by atoms with Crippen LogP contribution in [0.2, 0.25) is 0 Å². The van der Waals surface area contributed by atoms with Gasteiger partial charge in [0.05, 0.1) is 6.61 Å². The van der Waals surface area contributed by atoms with E-state index < -0.39 is 0 Å². The zero-order valence-electron chi connectivity index (χ0n) is 8.42. The highest BCUT2D eigenvalue weighted by Gasteiger charge is 2.43. The van der Waals surface area contributed by atoms with E-state index in [2.05, 4.69) is 13.5 Å². The predicted molar refractivity (Wildman–Crippen MR) is 52.3 cm³/mol. The van der Waals surface area contributed by atoms with E-state index in [0.717, 1.165) is 6.42 Å². The minimum absolute atomic E-state index is 0.0499. The van der Waals surface area contributed by atoms with Gasteiger partial charge in [-0.25, -0.2) is 0 Å². The number of ketones is 1. The second-order valence-electron chi connectivity index (χ2n) is 4.21. The molecule has 1 aliphatic carbocycles. The molecule has 0 aromatic carbocycles. The Morgan fingerprint density at radius 3 is 2.77 bits per heavy atom. The van der Waals surface area contributed by atoms with Crippen LogP contribution in [0.5, 0.6) is 0 Å². The minimum Gasteiger partial charge on any atom is -0.396 e. The summed E-state index contributed by atoms with van der Waals surface area (Å²) in [6, 6.07) is 0. The van der Waals surface area contributed by atoms with Crippen molar-refractivity contribution in [1.82, 2.24) is 0 Å². The molecule has 2 nitrogen and oxygen atoms in total. The molecule has 0 bridgehead atoms. The van der Waals surface area contributed by atoms with Gasteiger partial charge in [0.2, 0.25) is 0 Å². The Kier molecular flexibility index (Phi) is 2.91. The summed E-state index contributed by atoms with van der Waals surface area (Å²) in [5.74, 6) is 0.372. The monoisotopic (exact) mass is 182 g/mol. The van der Waals surface area contributed by atoms with E-state index in [0.29, 0.717) is 12.3 Å². The summed E-state index contributed by atoms with van der Waals surface area (Å²) < 4.78 is 0. The first kappa shape index (κ1) is 10.5. The summed E-state index contributed by atoms with van der Waals surface area (Å²) >= 11 is 0. The summed E-state index contributed by atoms with van der Waals surface area (Å²) in [4.78, 5) is 11.5. The lowest BCUT2D eigenvalue weighted by Crippen LogP contribution is -2.43. The fraction of sp³-hybridized carbons (Fsp3) is 0.727. The van der Waals surface area contributed by atoms with Crippen molar-refractivity contribution in [3.05, 3.63) is 12.7 Å². The van der Waals surface area contributed by atoms with Crippen LogP contribution in [-0.4, -0.2) is 17.5 Å². The molecule has 74 valence electrons. The molecule has 3 atom stereocenters. The summed E-state index contributed by atoms with van der Waals surface area (Å²) in [7, 11) is 0. The summed E-state index contributed by atoms with van der Waals surface area (Å²) in [5.41, 5.74) is -0.218. The molecule has 0 aliphatic heterocycles. The zero-order valence-corrected chi connectivity index (χ0v) is 8.42. The number of carbonyl (C=O) groups is 1. The molecule has 0 aromatic heterocycles. The number of aliphatic hydroxyl groups excluding tert-OH is 1. The van der Waals surface area contributed by atoms with Gasteiger partial charge in [-0.2, -0.15) is 0 Å². The fourth-order valence-electron chi connectivity index (χ4n) is 2.18. The Balaban J connectivity index is 2.96. The highest BCUT2D eigenvalue weighted by atomic mass is 16.3. The quantitative estimate of drug-likeness (QED) is 0.661. The Hall–Kier alpha value is -0.630. The van der Waals surface area contributed by atoms with Gasteiger partial charge >= 0.3 is 0 Å². The van der Waals surface area contributed by atoms with Crippen molar-refractivity contribution in [2.45, 2.75) is 26.7 Å². The van der Waals surface area contributed by atoms with Crippen molar-refractivity contribution >= 4 is 5.78 Å². The molecule has 1 rings (SSSR count). The van der Waals surface area contributed by atoms with Crippen molar-refractivity contribution in [3.8, 4) is 0 Å². The first-order valence-corrected chi connectivity index (χ1v) is 4.83. The fourth-order valence-corrected chi connectivity index (χ4v) is 2.18. The molecule has 1 saturated carbocycles. The first-order chi connectivity index (χ1) is 6.06. The van der Waals surface area contributed by atoms with E-state index in [-0.39, 0.29) is 23.7 Å². The lowest BCUT2D eigenvalue weighted by molar-refractivity contribution is -0.132. The van der Waals surface area contributed by atoms with Crippen LogP contribution in [0.15, 0.2) is 12.7 Å². The van der Waals surface area contributed by atoms with Gasteiger partial charge in [0.1, 0.15) is 5.78 Å². The lowest BCUT2D eigenvalue weighted by Gasteiger charge is -2.42. The number of aliphatic hydroxyl groups is 1. The minimum atomic E-state index is -0.242. The normalized spacial score (nSPS) is 40.4. The average molecular weight is 182 g/mol. The molecule has 0 radical (unpaired) electrons. The standard InChI is InChI=1S/C11H18O2/c1-4-11(3)8(2)5-6-10(13)9(11)7-12/h4,8-9,12H,1,5-7H2,2-3H3/t8-,9?,11+/m1/s1. The van der Waals surface area contributed by atoms with E-state index in [4.69, 9.17) is 0 Å². The van der Waals surface area contributed by atoms with Crippen LogP contribution in [0, 0.1) is 17.3 Å². The van der Waals surface area contributed by atoms with Crippen molar-refractivity contribution < 1.29 is 9.90 Å². The Morgan fingerprint density at radius 2 is 2.38 bits per heavy atom. The number of allylic oxidation sites excluding steroid dienone is 1. The third kappa shape index (κ3) is 1.55. The van der Waals surface area contributed by atoms with Crippen LogP contribution < -0.4 is 0 Å².